The number of nitrogens with zero attached hydrogens (tertiary/aromatic N) is 1. The van der Waals surface area contributed by atoms with Gasteiger partial charge < -0.3 is 20.4 Å². The molecule has 1 heterocycles. The second kappa shape index (κ2) is 8.84. The van der Waals surface area contributed by atoms with Gasteiger partial charge in [0, 0.05) is 17.8 Å². The zero-order valence-corrected chi connectivity index (χ0v) is 14.8. The Balaban J connectivity index is 1.82. The van der Waals surface area contributed by atoms with Gasteiger partial charge in [-0.3, -0.25) is 4.79 Å². The van der Waals surface area contributed by atoms with Crippen molar-refractivity contribution in [1.82, 2.24) is 5.32 Å². The van der Waals surface area contributed by atoms with Gasteiger partial charge in [0.05, 0.1) is 33.2 Å². The zero-order valence-electron chi connectivity index (χ0n) is 14.0. The van der Waals surface area contributed by atoms with Gasteiger partial charge in [0.1, 0.15) is 0 Å². The Morgan fingerprint density at radius 3 is 2.52 bits per heavy atom. The fraction of sp³-hybridized carbons (Fsp3) is 0.529. The smallest absolute Gasteiger partial charge is 0.226 e. The minimum atomic E-state index is -0.0269. The van der Waals surface area contributed by atoms with Crippen molar-refractivity contribution in [3.05, 3.63) is 24.3 Å². The van der Waals surface area contributed by atoms with E-state index < -0.39 is 0 Å². The van der Waals surface area contributed by atoms with E-state index >= 15 is 0 Å². The van der Waals surface area contributed by atoms with Crippen molar-refractivity contribution in [1.29, 1.82) is 0 Å². The van der Waals surface area contributed by atoms with E-state index in [4.69, 9.17) is 12.2 Å². The molecule has 0 atom stereocenters. The second-order valence-electron chi connectivity index (χ2n) is 6.10. The normalized spacial score (nSPS) is 15.3. The number of likely N-dealkylation sites (N-methyl/N-ethyl adjacent to an activating group) is 1. The topological polar surface area (TPSA) is 48.8 Å². The SMILES string of the molecule is CCCCC(=O)NC(=S)Nc1ccc(N2CC[NH+](C)CC2)cc1. The fourth-order valence-electron chi connectivity index (χ4n) is 2.59. The number of anilines is 2. The molecule has 1 amide bonds. The molecule has 1 aromatic rings. The summed E-state index contributed by atoms with van der Waals surface area (Å²) in [4.78, 5) is 15.6. The Morgan fingerprint density at radius 1 is 1.26 bits per heavy atom. The molecule has 0 aliphatic carbocycles. The van der Waals surface area contributed by atoms with Crippen LogP contribution in [-0.4, -0.2) is 44.2 Å². The highest BCUT2D eigenvalue weighted by atomic mass is 32.1. The quantitative estimate of drug-likeness (QED) is 0.704. The predicted molar refractivity (Wildman–Crippen MR) is 99.2 cm³/mol. The van der Waals surface area contributed by atoms with Crippen LogP contribution in [0.4, 0.5) is 11.4 Å². The highest BCUT2D eigenvalue weighted by Crippen LogP contribution is 2.17. The lowest BCUT2D eigenvalue weighted by Gasteiger charge is -2.31. The van der Waals surface area contributed by atoms with E-state index in [0.717, 1.165) is 31.6 Å². The fourth-order valence-corrected chi connectivity index (χ4v) is 2.82. The molecule has 2 rings (SSSR count). The number of piperazine rings is 1. The summed E-state index contributed by atoms with van der Waals surface area (Å²) in [5, 5.41) is 6.14. The first-order valence-corrected chi connectivity index (χ1v) is 8.76. The van der Waals surface area contributed by atoms with Gasteiger partial charge in [0.2, 0.25) is 5.91 Å². The maximum atomic E-state index is 11.6. The Kier molecular flexibility index (Phi) is 6.80. The summed E-state index contributed by atoms with van der Waals surface area (Å²) in [6.07, 6.45) is 2.40. The lowest BCUT2D eigenvalue weighted by atomic mass is 10.2. The third kappa shape index (κ3) is 5.80. The van der Waals surface area contributed by atoms with Crippen LogP contribution in [0.15, 0.2) is 24.3 Å². The minimum absolute atomic E-state index is 0.0269. The lowest BCUT2D eigenvalue weighted by molar-refractivity contribution is -0.880. The van der Waals surface area contributed by atoms with Crippen LogP contribution in [0.3, 0.4) is 0 Å². The molecule has 0 radical (unpaired) electrons. The van der Waals surface area contributed by atoms with E-state index in [9.17, 15) is 4.79 Å². The summed E-state index contributed by atoms with van der Waals surface area (Å²) in [6.45, 7) is 6.59. The van der Waals surface area contributed by atoms with Gasteiger partial charge in [-0.25, -0.2) is 0 Å². The molecule has 0 saturated carbocycles. The van der Waals surface area contributed by atoms with Crippen LogP contribution >= 0.6 is 12.2 Å². The Labute approximate surface area is 144 Å². The summed E-state index contributed by atoms with van der Waals surface area (Å²) < 4.78 is 0. The third-order valence-electron chi connectivity index (χ3n) is 4.12. The van der Waals surface area contributed by atoms with Crippen molar-refractivity contribution >= 4 is 34.6 Å². The molecule has 1 aliphatic heterocycles. The van der Waals surface area contributed by atoms with E-state index in [-0.39, 0.29) is 5.91 Å². The molecule has 1 aromatic carbocycles. The second-order valence-corrected chi connectivity index (χ2v) is 6.51. The molecule has 3 N–H and O–H groups in total. The summed E-state index contributed by atoms with van der Waals surface area (Å²) in [6, 6.07) is 8.21. The van der Waals surface area contributed by atoms with E-state index in [1.807, 2.05) is 12.1 Å². The van der Waals surface area contributed by atoms with Crippen LogP contribution < -0.4 is 20.4 Å². The number of hydrogen-bond donors (Lipinski definition) is 3. The largest absolute Gasteiger partial charge is 0.360 e. The van der Waals surface area contributed by atoms with E-state index in [1.54, 1.807) is 4.90 Å². The highest BCUT2D eigenvalue weighted by molar-refractivity contribution is 7.80. The molecular formula is C17H27N4OS+. The van der Waals surface area contributed by atoms with E-state index in [0.29, 0.717) is 11.5 Å². The Bertz CT molecular complexity index is 524. The number of thiocarbonyl (C=S) groups is 1. The molecule has 1 aliphatic rings. The van der Waals surface area contributed by atoms with Gasteiger partial charge in [-0.2, -0.15) is 0 Å². The molecule has 5 nitrogen and oxygen atoms in total. The first kappa shape index (κ1) is 17.7. The molecule has 0 aromatic heterocycles. The molecule has 23 heavy (non-hydrogen) atoms. The van der Waals surface area contributed by atoms with E-state index in [2.05, 4.69) is 41.6 Å². The molecular weight excluding hydrogens is 308 g/mol. The zero-order chi connectivity index (χ0) is 16.7. The third-order valence-corrected chi connectivity index (χ3v) is 4.32. The highest BCUT2D eigenvalue weighted by Gasteiger charge is 2.16. The van der Waals surface area contributed by atoms with Crippen LogP contribution in [0, 0.1) is 0 Å². The number of benzene rings is 1. The summed E-state index contributed by atoms with van der Waals surface area (Å²) >= 11 is 5.18. The van der Waals surface area contributed by atoms with Crippen LogP contribution in [0.2, 0.25) is 0 Å². The monoisotopic (exact) mass is 335 g/mol. The van der Waals surface area contributed by atoms with Gasteiger partial charge in [0.25, 0.3) is 0 Å². The number of unbranched alkanes of at least 4 members (excludes halogenated alkanes) is 1. The standard InChI is InChI=1S/C17H26N4OS/c1-3-4-5-16(22)19-17(23)18-14-6-8-15(9-7-14)21-12-10-20(2)11-13-21/h6-9H,3-5,10-13H2,1-2H3,(H2,18,19,22,23)/p+1. The predicted octanol–water partition coefficient (Wildman–Crippen LogP) is 1.02. The molecule has 0 bridgehead atoms. The van der Waals surface area contributed by atoms with Crippen molar-refractivity contribution < 1.29 is 9.69 Å². The maximum absolute atomic E-state index is 11.6. The number of carbonyl (C=O) groups is 1. The Hall–Kier alpha value is -1.66. The Morgan fingerprint density at radius 2 is 1.91 bits per heavy atom. The number of hydrogen-bond acceptors (Lipinski definition) is 3. The van der Waals surface area contributed by atoms with Crippen molar-refractivity contribution in [3.63, 3.8) is 0 Å². The minimum Gasteiger partial charge on any atom is -0.360 e. The molecule has 0 unspecified atom stereocenters. The average molecular weight is 335 g/mol. The average Bonchev–Trinajstić information content (AvgIpc) is 2.54. The molecule has 1 saturated heterocycles. The molecule has 1 fully saturated rings. The van der Waals surface area contributed by atoms with Gasteiger partial charge >= 0.3 is 0 Å². The number of nitrogens with one attached hydrogen (secondary N) is 3. The molecule has 6 heteroatoms. The van der Waals surface area contributed by atoms with Crippen LogP contribution in [0.1, 0.15) is 26.2 Å². The van der Waals surface area contributed by atoms with Gasteiger partial charge in [-0.15, -0.1) is 0 Å². The molecule has 0 spiro atoms. The maximum Gasteiger partial charge on any atom is 0.226 e. The summed E-state index contributed by atoms with van der Waals surface area (Å²) in [7, 11) is 2.24. The van der Waals surface area contributed by atoms with Gasteiger partial charge in [-0.1, -0.05) is 13.3 Å². The van der Waals surface area contributed by atoms with E-state index in [1.165, 1.54) is 18.8 Å². The van der Waals surface area contributed by atoms with Crippen molar-refractivity contribution in [2.45, 2.75) is 26.2 Å². The number of carbonyl (C=O) groups excluding carboxylic acids is 1. The number of amides is 1. The van der Waals surface area contributed by atoms with Crippen molar-refractivity contribution in [3.8, 4) is 0 Å². The van der Waals surface area contributed by atoms with Crippen molar-refractivity contribution in [2.75, 3.05) is 43.4 Å². The molecule has 126 valence electrons. The van der Waals surface area contributed by atoms with Gasteiger partial charge in [0.15, 0.2) is 5.11 Å². The number of quaternary nitrogens is 1. The summed E-state index contributed by atoms with van der Waals surface area (Å²) in [5.74, 6) is -0.0269. The lowest BCUT2D eigenvalue weighted by Crippen LogP contribution is -3.12. The van der Waals surface area contributed by atoms with Crippen molar-refractivity contribution in [2.24, 2.45) is 0 Å². The van der Waals surface area contributed by atoms with Crippen LogP contribution in [-0.2, 0) is 4.79 Å². The first-order valence-electron chi connectivity index (χ1n) is 8.35. The number of rotatable bonds is 5. The first-order chi connectivity index (χ1) is 11.1. The van der Waals surface area contributed by atoms with Gasteiger partial charge in [-0.05, 0) is 42.9 Å². The summed E-state index contributed by atoms with van der Waals surface area (Å²) in [5.41, 5.74) is 2.13. The van der Waals surface area contributed by atoms with Crippen LogP contribution in [0.5, 0.6) is 0 Å². The van der Waals surface area contributed by atoms with Crippen LogP contribution in [0.25, 0.3) is 0 Å².